The van der Waals surface area contributed by atoms with Gasteiger partial charge in [0.1, 0.15) is 5.82 Å². The number of rotatable bonds is 6. The molecule has 1 aliphatic heterocycles. The normalized spacial score (nSPS) is 15.3. The Hall–Kier alpha value is -2.60. The highest BCUT2D eigenvalue weighted by atomic mass is 19.1. The molecule has 1 fully saturated rings. The van der Waals surface area contributed by atoms with E-state index in [2.05, 4.69) is 4.90 Å². The lowest BCUT2D eigenvalue weighted by Crippen LogP contribution is -2.38. The summed E-state index contributed by atoms with van der Waals surface area (Å²) in [4.78, 5) is 16.7. The zero-order valence-electron chi connectivity index (χ0n) is 15.6. The first-order chi connectivity index (χ1) is 13.2. The van der Waals surface area contributed by atoms with Gasteiger partial charge in [-0.1, -0.05) is 24.3 Å². The van der Waals surface area contributed by atoms with Gasteiger partial charge in [0.15, 0.2) is 18.1 Å². The molecule has 1 aliphatic rings. The maximum Gasteiger partial charge on any atom is 0.260 e. The second-order valence-corrected chi connectivity index (χ2v) is 6.58. The standard InChI is InChI=1S/C21H25FN2O3/c1-26-19-5-2-3-6-20(19)27-16-21(25)24-12-4-11-23(13-14-24)15-17-7-9-18(22)10-8-17/h2-3,5-10H,4,11-16H2,1H3. The molecule has 0 aliphatic carbocycles. The summed E-state index contributed by atoms with van der Waals surface area (Å²) < 4.78 is 23.9. The third-order valence-electron chi connectivity index (χ3n) is 4.68. The maximum atomic E-state index is 13.0. The molecule has 5 nitrogen and oxygen atoms in total. The van der Waals surface area contributed by atoms with Crippen molar-refractivity contribution in [2.45, 2.75) is 13.0 Å². The van der Waals surface area contributed by atoms with Gasteiger partial charge in [-0.25, -0.2) is 4.39 Å². The van der Waals surface area contributed by atoms with E-state index < -0.39 is 0 Å². The quantitative estimate of drug-likeness (QED) is 0.782. The fraction of sp³-hybridized carbons (Fsp3) is 0.381. The first-order valence-corrected chi connectivity index (χ1v) is 9.16. The summed E-state index contributed by atoms with van der Waals surface area (Å²) in [6.45, 7) is 3.84. The van der Waals surface area contributed by atoms with Crippen LogP contribution in [0.1, 0.15) is 12.0 Å². The number of hydrogen-bond donors (Lipinski definition) is 0. The molecule has 2 aromatic rings. The Morgan fingerprint density at radius 1 is 1.00 bits per heavy atom. The van der Waals surface area contributed by atoms with Gasteiger partial charge in [0.2, 0.25) is 0 Å². The van der Waals surface area contributed by atoms with Crippen molar-refractivity contribution in [1.29, 1.82) is 0 Å². The van der Waals surface area contributed by atoms with E-state index in [1.807, 2.05) is 29.2 Å². The fourth-order valence-corrected chi connectivity index (χ4v) is 3.20. The molecule has 1 saturated heterocycles. The van der Waals surface area contributed by atoms with E-state index in [-0.39, 0.29) is 18.3 Å². The van der Waals surface area contributed by atoms with Crippen molar-refractivity contribution in [2.24, 2.45) is 0 Å². The number of amides is 1. The SMILES string of the molecule is COc1ccccc1OCC(=O)N1CCCN(Cc2ccc(F)cc2)CC1. The van der Waals surface area contributed by atoms with Crippen LogP contribution in [0.4, 0.5) is 4.39 Å². The van der Waals surface area contributed by atoms with Crippen LogP contribution in [-0.4, -0.2) is 55.6 Å². The summed E-state index contributed by atoms with van der Waals surface area (Å²) in [6, 6.07) is 13.9. The van der Waals surface area contributed by atoms with Crippen LogP contribution in [0, 0.1) is 5.82 Å². The molecule has 144 valence electrons. The average molecular weight is 372 g/mol. The van der Waals surface area contributed by atoms with E-state index in [0.717, 1.165) is 31.6 Å². The third kappa shape index (κ3) is 5.44. The van der Waals surface area contributed by atoms with Gasteiger partial charge in [-0.2, -0.15) is 0 Å². The Bertz CT molecular complexity index is 751. The molecule has 0 aromatic heterocycles. The van der Waals surface area contributed by atoms with E-state index in [1.54, 1.807) is 19.2 Å². The van der Waals surface area contributed by atoms with Gasteiger partial charge >= 0.3 is 0 Å². The van der Waals surface area contributed by atoms with E-state index in [4.69, 9.17) is 9.47 Å². The van der Waals surface area contributed by atoms with Crippen LogP contribution in [0.3, 0.4) is 0 Å². The van der Waals surface area contributed by atoms with Crippen molar-refractivity contribution in [1.82, 2.24) is 9.80 Å². The summed E-state index contributed by atoms with van der Waals surface area (Å²) in [5.74, 6) is 0.943. The maximum absolute atomic E-state index is 13.0. The van der Waals surface area contributed by atoms with Gasteiger partial charge in [-0.3, -0.25) is 9.69 Å². The highest BCUT2D eigenvalue weighted by Crippen LogP contribution is 2.25. The van der Waals surface area contributed by atoms with Crippen LogP contribution < -0.4 is 9.47 Å². The van der Waals surface area contributed by atoms with Gasteiger partial charge in [0.25, 0.3) is 5.91 Å². The molecule has 2 aromatic carbocycles. The Morgan fingerprint density at radius 3 is 2.48 bits per heavy atom. The minimum Gasteiger partial charge on any atom is -0.493 e. The monoisotopic (exact) mass is 372 g/mol. The lowest BCUT2D eigenvalue weighted by molar-refractivity contribution is -0.133. The molecule has 3 rings (SSSR count). The zero-order chi connectivity index (χ0) is 19.1. The molecule has 0 radical (unpaired) electrons. The summed E-state index contributed by atoms with van der Waals surface area (Å²) in [6.07, 6.45) is 0.904. The first kappa shape index (κ1) is 19.2. The number of methoxy groups -OCH3 is 1. The summed E-state index contributed by atoms with van der Waals surface area (Å²) >= 11 is 0. The molecule has 0 N–H and O–H groups in total. The molecular weight excluding hydrogens is 347 g/mol. The number of halogens is 1. The number of para-hydroxylation sites is 2. The van der Waals surface area contributed by atoms with Crippen molar-refractivity contribution in [2.75, 3.05) is 39.9 Å². The fourth-order valence-electron chi connectivity index (χ4n) is 3.20. The zero-order valence-corrected chi connectivity index (χ0v) is 15.6. The molecular formula is C21H25FN2O3. The minimum atomic E-state index is -0.221. The molecule has 0 unspecified atom stereocenters. The van der Waals surface area contributed by atoms with E-state index in [1.165, 1.54) is 12.1 Å². The van der Waals surface area contributed by atoms with Crippen LogP contribution in [0.15, 0.2) is 48.5 Å². The molecule has 0 bridgehead atoms. The molecule has 0 spiro atoms. The highest BCUT2D eigenvalue weighted by molar-refractivity contribution is 5.77. The van der Waals surface area contributed by atoms with Crippen molar-refractivity contribution >= 4 is 5.91 Å². The predicted molar refractivity (Wildman–Crippen MR) is 101 cm³/mol. The number of benzene rings is 2. The van der Waals surface area contributed by atoms with Gasteiger partial charge in [0, 0.05) is 32.7 Å². The number of carbonyl (C=O) groups is 1. The van der Waals surface area contributed by atoms with Crippen molar-refractivity contribution < 1.29 is 18.7 Å². The second-order valence-electron chi connectivity index (χ2n) is 6.58. The number of ether oxygens (including phenoxy) is 2. The summed E-state index contributed by atoms with van der Waals surface area (Å²) in [7, 11) is 1.58. The summed E-state index contributed by atoms with van der Waals surface area (Å²) in [5, 5.41) is 0. The summed E-state index contributed by atoms with van der Waals surface area (Å²) in [5.41, 5.74) is 1.08. The van der Waals surface area contributed by atoms with Crippen LogP contribution >= 0.6 is 0 Å². The van der Waals surface area contributed by atoms with Crippen LogP contribution in [-0.2, 0) is 11.3 Å². The van der Waals surface area contributed by atoms with Crippen molar-refractivity contribution in [3.05, 3.63) is 59.9 Å². The van der Waals surface area contributed by atoms with E-state index in [0.29, 0.717) is 24.6 Å². The Morgan fingerprint density at radius 2 is 1.74 bits per heavy atom. The molecule has 27 heavy (non-hydrogen) atoms. The second kappa shape index (κ2) is 9.37. The van der Waals surface area contributed by atoms with Gasteiger partial charge in [-0.05, 0) is 36.2 Å². The van der Waals surface area contributed by atoms with E-state index >= 15 is 0 Å². The smallest absolute Gasteiger partial charge is 0.260 e. The molecule has 1 amide bonds. The van der Waals surface area contributed by atoms with Gasteiger partial charge in [0.05, 0.1) is 7.11 Å². The van der Waals surface area contributed by atoms with Crippen LogP contribution in [0.5, 0.6) is 11.5 Å². The van der Waals surface area contributed by atoms with Gasteiger partial charge < -0.3 is 14.4 Å². The average Bonchev–Trinajstić information content (AvgIpc) is 2.94. The Kier molecular flexibility index (Phi) is 6.65. The van der Waals surface area contributed by atoms with Gasteiger partial charge in [-0.15, -0.1) is 0 Å². The largest absolute Gasteiger partial charge is 0.493 e. The number of carbonyl (C=O) groups excluding carboxylic acids is 1. The lowest BCUT2D eigenvalue weighted by Gasteiger charge is -2.22. The highest BCUT2D eigenvalue weighted by Gasteiger charge is 2.20. The molecule has 0 atom stereocenters. The lowest BCUT2D eigenvalue weighted by atomic mass is 10.2. The number of hydrogen-bond acceptors (Lipinski definition) is 4. The van der Waals surface area contributed by atoms with Crippen molar-refractivity contribution in [3.63, 3.8) is 0 Å². The first-order valence-electron chi connectivity index (χ1n) is 9.16. The van der Waals surface area contributed by atoms with Crippen LogP contribution in [0.25, 0.3) is 0 Å². The molecule has 6 heteroatoms. The van der Waals surface area contributed by atoms with Crippen molar-refractivity contribution in [3.8, 4) is 11.5 Å². The van der Waals surface area contributed by atoms with Crippen LogP contribution in [0.2, 0.25) is 0 Å². The number of nitrogens with zero attached hydrogens (tertiary/aromatic N) is 2. The molecule has 0 saturated carbocycles. The molecule has 1 heterocycles. The minimum absolute atomic E-state index is 0.00165. The Labute approximate surface area is 159 Å². The third-order valence-corrected chi connectivity index (χ3v) is 4.68. The van der Waals surface area contributed by atoms with E-state index in [9.17, 15) is 9.18 Å². The Balaban J connectivity index is 1.49. The topological polar surface area (TPSA) is 42.0 Å². The predicted octanol–water partition coefficient (Wildman–Crippen LogP) is 2.95.